The molecular weight excluding hydrogens is 270 g/mol. The molecule has 0 aromatic carbocycles. The van der Waals surface area contributed by atoms with Crippen molar-refractivity contribution in [2.45, 2.75) is 32.0 Å². The molecule has 2 heterocycles. The normalized spacial score (nSPS) is 29.1. The van der Waals surface area contributed by atoms with Crippen molar-refractivity contribution < 1.29 is 8.42 Å². The first kappa shape index (κ1) is 13.7. The summed E-state index contributed by atoms with van der Waals surface area (Å²) in [6.07, 6.45) is 5.90. The molecule has 1 fully saturated rings. The topological polar surface area (TPSA) is 61.8 Å². The van der Waals surface area contributed by atoms with E-state index in [0.29, 0.717) is 12.2 Å². The van der Waals surface area contributed by atoms with Crippen molar-refractivity contribution in [2.24, 2.45) is 4.99 Å². The standard InChI is InChI=1S/C11H17N3O2S2/c1-4-6-17-10-12-11(2,3)13-14(10)9-5-7-18(15,16)8-9/h1,9,13H,5-8H2,2-3H3. The quantitative estimate of drug-likeness (QED) is 0.747. The van der Waals surface area contributed by atoms with E-state index in [1.165, 1.54) is 11.8 Å². The van der Waals surface area contributed by atoms with Crippen molar-refractivity contribution in [1.82, 2.24) is 10.4 Å². The van der Waals surface area contributed by atoms with Crippen molar-refractivity contribution in [3.8, 4) is 12.3 Å². The van der Waals surface area contributed by atoms with E-state index in [9.17, 15) is 8.42 Å². The molecule has 1 unspecified atom stereocenters. The smallest absolute Gasteiger partial charge is 0.176 e. The summed E-state index contributed by atoms with van der Waals surface area (Å²) in [5.41, 5.74) is 2.85. The summed E-state index contributed by atoms with van der Waals surface area (Å²) in [5.74, 6) is 3.53. The second kappa shape index (κ2) is 4.76. The summed E-state index contributed by atoms with van der Waals surface area (Å²) in [6.45, 7) is 3.90. The minimum atomic E-state index is -2.90. The molecule has 0 aromatic heterocycles. The van der Waals surface area contributed by atoms with Crippen molar-refractivity contribution in [1.29, 1.82) is 0 Å². The highest BCUT2D eigenvalue weighted by Gasteiger charge is 2.40. The van der Waals surface area contributed by atoms with Gasteiger partial charge in [0.2, 0.25) is 0 Å². The summed E-state index contributed by atoms with van der Waals surface area (Å²) in [6, 6.07) is -0.0409. The SMILES string of the molecule is C#CCSC1=NC(C)(C)NN1C1CCS(=O)(=O)C1. The first-order valence-electron chi connectivity index (χ1n) is 5.76. The zero-order valence-electron chi connectivity index (χ0n) is 10.5. The molecular formula is C11H17N3O2S2. The Morgan fingerprint density at radius 1 is 1.67 bits per heavy atom. The van der Waals surface area contributed by atoms with Crippen molar-refractivity contribution in [3.05, 3.63) is 0 Å². The summed E-state index contributed by atoms with van der Waals surface area (Å²) in [5, 5.41) is 2.67. The van der Waals surface area contributed by atoms with Gasteiger partial charge in [0.25, 0.3) is 0 Å². The van der Waals surface area contributed by atoms with E-state index in [4.69, 9.17) is 6.42 Å². The Labute approximate surface area is 112 Å². The minimum absolute atomic E-state index is 0.0409. The Morgan fingerprint density at radius 3 is 2.94 bits per heavy atom. The molecule has 18 heavy (non-hydrogen) atoms. The molecule has 2 aliphatic rings. The van der Waals surface area contributed by atoms with E-state index in [1.54, 1.807) is 0 Å². The van der Waals surface area contributed by atoms with Gasteiger partial charge < -0.3 is 0 Å². The van der Waals surface area contributed by atoms with Gasteiger partial charge in [-0.1, -0.05) is 17.7 Å². The first-order chi connectivity index (χ1) is 8.33. The number of terminal acetylenes is 1. The fraction of sp³-hybridized carbons (Fsp3) is 0.727. The predicted molar refractivity (Wildman–Crippen MR) is 74.8 cm³/mol. The number of amidine groups is 1. The number of hydrogen-bond donors (Lipinski definition) is 1. The van der Waals surface area contributed by atoms with Crippen LogP contribution in [0.1, 0.15) is 20.3 Å². The highest BCUT2D eigenvalue weighted by atomic mass is 32.2. The van der Waals surface area contributed by atoms with Gasteiger partial charge in [-0.2, -0.15) is 0 Å². The number of hydrazine groups is 1. The van der Waals surface area contributed by atoms with Gasteiger partial charge in [-0.05, 0) is 20.3 Å². The Kier molecular flexibility index (Phi) is 3.63. The van der Waals surface area contributed by atoms with Gasteiger partial charge in [0.05, 0.1) is 23.3 Å². The van der Waals surface area contributed by atoms with Gasteiger partial charge in [0, 0.05) is 0 Å². The van der Waals surface area contributed by atoms with Crippen molar-refractivity contribution in [2.75, 3.05) is 17.3 Å². The maximum absolute atomic E-state index is 11.5. The largest absolute Gasteiger partial charge is 0.281 e. The molecule has 2 aliphatic heterocycles. The Balaban J connectivity index is 2.13. The molecule has 7 heteroatoms. The molecule has 0 saturated carbocycles. The van der Waals surface area contributed by atoms with E-state index in [2.05, 4.69) is 16.3 Å². The van der Waals surface area contributed by atoms with Gasteiger partial charge >= 0.3 is 0 Å². The van der Waals surface area contributed by atoms with Crippen LogP contribution >= 0.6 is 11.8 Å². The Morgan fingerprint density at radius 2 is 2.39 bits per heavy atom. The summed E-state index contributed by atoms with van der Waals surface area (Å²) < 4.78 is 23.1. The lowest BCUT2D eigenvalue weighted by Crippen LogP contribution is -2.50. The summed E-state index contributed by atoms with van der Waals surface area (Å²) >= 11 is 1.46. The van der Waals surface area contributed by atoms with Gasteiger partial charge in [-0.25, -0.2) is 18.8 Å². The van der Waals surface area contributed by atoms with E-state index in [-0.39, 0.29) is 17.5 Å². The van der Waals surface area contributed by atoms with Gasteiger partial charge in [0.1, 0.15) is 5.66 Å². The second-order valence-electron chi connectivity index (χ2n) is 4.98. The summed E-state index contributed by atoms with van der Waals surface area (Å²) in [7, 11) is -2.90. The number of aliphatic imine (C=N–C) groups is 1. The third-order valence-electron chi connectivity index (χ3n) is 2.83. The number of rotatable bonds is 2. The second-order valence-corrected chi connectivity index (χ2v) is 8.16. The monoisotopic (exact) mass is 287 g/mol. The number of nitrogens with zero attached hydrogens (tertiary/aromatic N) is 2. The van der Waals surface area contributed by atoms with Crippen LogP contribution in [0.5, 0.6) is 0 Å². The molecule has 2 rings (SSSR count). The third kappa shape index (κ3) is 2.99. The van der Waals surface area contributed by atoms with Crippen LogP contribution in [0.2, 0.25) is 0 Å². The lowest BCUT2D eigenvalue weighted by molar-refractivity contribution is 0.204. The van der Waals surface area contributed by atoms with Crippen LogP contribution in [0.25, 0.3) is 0 Å². The van der Waals surface area contributed by atoms with E-state index in [1.807, 2.05) is 18.9 Å². The number of sulfone groups is 1. The van der Waals surface area contributed by atoms with Crippen molar-refractivity contribution in [3.63, 3.8) is 0 Å². The van der Waals surface area contributed by atoms with Crippen LogP contribution in [-0.2, 0) is 9.84 Å². The first-order valence-corrected chi connectivity index (χ1v) is 8.57. The van der Waals surface area contributed by atoms with Crippen LogP contribution in [0, 0.1) is 12.3 Å². The van der Waals surface area contributed by atoms with Crippen LogP contribution in [0.3, 0.4) is 0 Å². The Bertz CT molecular complexity index is 505. The Hall–Kier alpha value is -0.710. The van der Waals surface area contributed by atoms with Crippen LogP contribution in [0.4, 0.5) is 0 Å². The third-order valence-corrected chi connectivity index (χ3v) is 5.44. The molecule has 1 N–H and O–H groups in total. The summed E-state index contributed by atoms with van der Waals surface area (Å²) in [4.78, 5) is 4.54. The van der Waals surface area contributed by atoms with Crippen LogP contribution in [0.15, 0.2) is 4.99 Å². The maximum Gasteiger partial charge on any atom is 0.176 e. The molecule has 0 aromatic rings. The highest BCUT2D eigenvalue weighted by molar-refractivity contribution is 8.14. The average Bonchev–Trinajstić information content (AvgIpc) is 2.75. The number of thioether (sulfide) groups is 1. The predicted octanol–water partition coefficient (Wildman–Crippen LogP) is 0.452. The number of nitrogens with one attached hydrogen (secondary N) is 1. The molecule has 5 nitrogen and oxygen atoms in total. The van der Waals surface area contributed by atoms with E-state index in [0.717, 1.165) is 5.17 Å². The maximum atomic E-state index is 11.5. The minimum Gasteiger partial charge on any atom is -0.281 e. The van der Waals surface area contributed by atoms with Crippen molar-refractivity contribution >= 4 is 26.8 Å². The highest BCUT2D eigenvalue weighted by Crippen LogP contribution is 2.27. The van der Waals surface area contributed by atoms with E-state index < -0.39 is 15.5 Å². The average molecular weight is 287 g/mol. The zero-order chi connectivity index (χ0) is 13.4. The molecule has 1 saturated heterocycles. The fourth-order valence-corrected chi connectivity index (χ4v) is 4.63. The molecule has 0 radical (unpaired) electrons. The van der Waals surface area contributed by atoms with Gasteiger partial charge in [0.15, 0.2) is 15.0 Å². The molecule has 100 valence electrons. The van der Waals surface area contributed by atoms with Crippen LogP contribution in [-0.4, -0.2) is 47.6 Å². The fourth-order valence-electron chi connectivity index (χ4n) is 2.10. The van der Waals surface area contributed by atoms with Gasteiger partial charge in [-0.3, -0.25) is 5.01 Å². The molecule has 0 amide bonds. The zero-order valence-corrected chi connectivity index (χ0v) is 12.1. The van der Waals surface area contributed by atoms with Crippen LogP contribution < -0.4 is 5.43 Å². The molecule has 0 bridgehead atoms. The van der Waals surface area contributed by atoms with E-state index >= 15 is 0 Å². The molecule has 0 aliphatic carbocycles. The lowest BCUT2D eigenvalue weighted by Gasteiger charge is -2.28. The lowest BCUT2D eigenvalue weighted by atomic mass is 10.2. The van der Waals surface area contributed by atoms with Gasteiger partial charge in [-0.15, -0.1) is 6.42 Å². The number of hydrogen-bond acceptors (Lipinski definition) is 6. The molecule has 1 atom stereocenters. The molecule has 0 spiro atoms.